The monoisotopic (exact) mass is 475 g/mol. The third kappa shape index (κ3) is 5.04. The maximum absolute atomic E-state index is 14.3. The molecular formula is C27H27ClFN5. The highest BCUT2D eigenvalue weighted by Crippen LogP contribution is 2.29. The minimum absolute atomic E-state index is 0.236. The predicted octanol–water partition coefficient (Wildman–Crippen LogP) is 5.03. The van der Waals surface area contributed by atoms with Crippen molar-refractivity contribution >= 4 is 11.6 Å². The second kappa shape index (κ2) is 10.5. The molecule has 1 aliphatic rings. The minimum Gasteiger partial charge on any atom is -0.295 e. The van der Waals surface area contributed by atoms with Gasteiger partial charge in [-0.05, 0) is 23.3 Å². The Hall–Kier alpha value is -3.06. The van der Waals surface area contributed by atoms with E-state index < -0.39 is 0 Å². The summed E-state index contributed by atoms with van der Waals surface area (Å²) in [5, 5.41) is 8.67. The van der Waals surface area contributed by atoms with Crippen LogP contribution in [0.15, 0.2) is 85.1 Å². The van der Waals surface area contributed by atoms with Crippen molar-refractivity contribution in [2.75, 3.05) is 26.2 Å². The smallest absolute Gasteiger partial charge is 0.129 e. The van der Waals surface area contributed by atoms with Crippen molar-refractivity contribution in [1.29, 1.82) is 0 Å². The van der Waals surface area contributed by atoms with Gasteiger partial charge in [0.1, 0.15) is 5.82 Å². The van der Waals surface area contributed by atoms with Crippen LogP contribution in [-0.2, 0) is 13.1 Å². The van der Waals surface area contributed by atoms with Crippen LogP contribution in [0.2, 0.25) is 5.02 Å². The van der Waals surface area contributed by atoms with Gasteiger partial charge in [0, 0.05) is 43.3 Å². The van der Waals surface area contributed by atoms with Gasteiger partial charge in [0.05, 0.1) is 24.5 Å². The Labute approximate surface area is 204 Å². The van der Waals surface area contributed by atoms with Gasteiger partial charge in [0.15, 0.2) is 0 Å². The summed E-state index contributed by atoms with van der Waals surface area (Å²) in [6, 6.07) is 26.4. The molecule has 5 nitrogen and oxygen atoms in total. The summed E-state index contributed by atoms with van der Waals surface area (Å²) in [5.41, 5.74) is 4.02. The molecule has 0 spiro atoms. The molecule has 5 rings (SSSR count). The zero-order valence-corrected chi connectivity index (χ0v) is 19.7. The van der Waals surface area contributed by atoms with Crippen LogP contribution >= 0.6 is 11.6 Å². The zero-order valence-electron chi connectivity index (χ0n) is 18.9. The lowest BCUT2D eigenvalue weighted by molar-refractivity contribution is 0.103. The van der Waals surface area contributed by atoms with Crippen molar-refractivity contribution in [2.24, 2.45) is 0 Å². The molecule has 2 heterocycles. The molecule has 1 fully saturated rings. The number of hydrogen-bond acceptors (Lipinski definition) is 4. The van der Waals surface area contributed by atoms with Gasteiger partial charge in [-0.25, -0.2) is 9.07 Å². The normalized spacial score (nSPS) is 15.1. The molecule has 0 amide bonds. The zero-order chi connectivity index (χ0) is 23.3. The predicted molar refractivity (Wildman–Crippen MR) is 132 cm³/mol. The first kappa shape index (κ1) is 22.7. The Morgan fingerprint density at radius 1 is 0.794 bits per heavy atom. The molecule has 0 N–H and O–H groups in total. The molecule has 7 heteroatoms. The van der Waals surface area contributed by atoms with Gasteiger partial charge in [-0.1, -0.05) is 83.5 Å². The number of nitrogens with zero attached hydrogens (tertiary/aromatic N) is 5. The van der Waals surface area contributed by atoms with E-state index >= 15 is 0 Å². The highest BCUT2D eigenvalue weighted by molar-refractivity contribution is 6.31. The standard InChI is InChI=1S/C27H27ClFN5/c28-25-12-7-13-26(29)24(25)20-34-23(18-30-31-34)19-32-14-16-33(17-15-32)27(21-8-3-1-4-9-21)22-10-5-2-6-11-22/h1-13,18,27H,14-17,19-20H2. The van der Waals surface area contributed by atoms with Gasteiger partial charge in [-0.3, -0.25) is 9.80 Å². The second-order valence-electron chi connectivity index (χ2n) is 8.62. The topological polar surface area (TPSA) is 37.2 Å². The number of benzene rings is 3. The van der Waals surface area contributed by atoms with E-state index in [9.17, 15) is 4.39 Å². The van der Waals surface area contributed by atoms with Crippen molar-refractivity contribution in [3.05, 3.63) is 118 Å². The number of aromatic nitrogens is 3. The largest absolute Gasteiger partial charge is 0.295 e. The van der Waals surface area contributed by atoms with Crippen LogP contribution in [0.5, 0.6) is 0 Å². The number of halogens is 2. The highest BCUT2D eigenvalue weighted by atomic mass is 35.5. The van der Waals surface area contributed by atoms with Gasteiger partial charge in [0.25, 0.3) is 0 Å². The first-order valence-corrected chi connectivity index (χ1v) is 11.9. The summed E-state index contributed by atoms with van der Waals surface area (Å²) in [7, 11) is 0. The number of hydrogen-bond donors (Lipinski definition) is 0. The Bertz CT molecular complexity index is 1150. The molecule has 4 aromatic rings. The van der Waals surface area contributed by atoms with Crippen LogP contribution in [0.3, 0.4) is 0 Å². The van der Waals surface area contributed by atoms with Gasteiger partial charge in [0.2, 0.25) is 0 Å². The van der Waals surface area contributed by atoms with Crippen LogP contribution < -0.4 is 0 Å². The van der Waals surface area contributed by atoms with E-state index in [1.54, 1.807) is 23.0 Å². The third-order valence-corrected chi connectivity index (χ3v) is 6.81. The summed E-state index contributed by atoms with van der Waals surface area (Å²) in [6.45, 7) is 4.76. The van der Waals surface area contributed by atoms with E-state index in [0.717, 1.165) is 31.9 Å². The fourth-order valence-electron chi connectivity index (χ4n) is 4.66. The molecule has 0 unspecified atom stereocenters. The quantitative estimate of drug-likeness (QED) is 0.376. The molecule has 174 valence electrons. The molecular weight excluding hydrogens is 449 g/mol. The maximum atomic E-state index is 14.3. The molecule has 0 bridgehead atoms. The third-order valence-electron chi connectivity index (χ3n) is 6.46. The van der Waals surface area contributed by atoms with Crippen LogP contribution in [0, 0.1) is 5.82 Å². The SMILES string of the molecule is Fc1cccc(Cl)c1Cn1nncc1CN1CCN(C(c2ccccc2)c2ccccc2)CC1. The van der Waals surface area contributed by atoms with Gasteiger partial charge in [-0.2, -0.15) is 0 Å². The molecule has 1 saturated heterocycles. The minimum atomic E-state index is -0.324. The number of rotatable bonds is 7. The Kier molecular flexibility index (Phi) is 7.00. The van der Waals surface area contributed by atoms with Crippen molar-refractivity contribution < 1.29 is 4.39 Å². The molecule has 0 radical (unpaired) electrons. The highest BCUT2D eigenvalue weighted by Gasteiger charge is 2.27. The lowest BCUT2D eigenvalue weighted by Gasteiger charge is -2.39. The van der Waals surface area contributed by atoms with Crippen LogP contribution in [0.1, 0.15) is 28.4 Å². The average molecular weight is 476 g/mol. The molecule has 0 saturated carbocycles. The van der Waals surface area contributed by atoms with Crippen LogP contribution in [0.25, 0.3) is 0 Å². The molecule has 0 atom stereocenters. The van der Waals surface area contributed by atoms with E-state index in [1.807, 2.05) is 0 Å². The fourth-order valence-corrected chi connectivity index (χ4v) is 4.88. The van der Waals surface area contributed by atoms with E-state index in [2.05, 4.69) is 80.8 Å². The van der Waals surface area contributed by atoms with Gasteiger partial charge < -0.3 is 0 Å². The summed E-state index contributed by atoms with van der Waals surface area (Å²) in [4.78, 5) is 4.96. The lowest BCUT2D eigenvalue weighted by atomic mass is 9.96. The maximum Gasteiger partial charge on any atom is 0.129 e. The van der Waals surface area contributed by atoms with Crippen LogP contribution in [0.4, 0.5) is 4.39 Å². The van der Waals surface area contributed by atoms with Gasteiger partial charge >= 0.3 is 0 Å². The van der Waals surface area contributed by atoms with Gasteiger partial charge in [-0.15, -0.1) is 5.10 Å². The van der Waals surface area contributed by atoms with E-state index in [0.29, 0.717) is 17.1 Å². The second-order valence-corrected chi connectivity index (χ2v) is 9.03. The van der Waals surface area contributed by atoms with E-state index in [1.165, 1.54) is 17.2 Å². The first-order valence-electron chi connectivity index (χ1n) is 11.6. The summed E-state index contributed by atoms with van der Waals surface area (Å²) in [5.74, 6) is -0.324. The molecule has 1 aliphatic heterocycles. The average Bonchev–Trinajstić information content (AvgIpc) is 3.30. The number of piperazine rings is 1. The summed E-state index contributed by atoms with van der Waals surface area (Å²) in [6.07, 6.45) is 1.76. The van der Waals surface area contributed by atoms with Crippen molar-refractivity contribution in [1.82, 2.24) is 24.8 Å². The molecule has 0 aliphatic carbocycles. The van der Waals surface area contributed by atoms with E-state index in [-0.39, 0.29) is 18.4 Å². The van der Waals surface area contributed by atoms with Crippen molar-refractivity contribution in [3.63, 3.8) is 0 Å². The fraction of sp³-hybridized carbons (Fsp3) is 0.259. The van der Waals surface area contributed by atoms with Crippen molar-refractivity contribution in [2.45, 2.75) is 19.1 Å². The lowest BCUT2D eigenvalue weighted by Crippen LogP contribution is -2.47. The van der Waals surface area contributed by atoms with Crippen molar-refractivity contribution in [3.8, 4) is 0 Å². The Morgan fingerprint density at radius 3 is 2.06 bits per heavy atom. The molecule has 1 aromatic heterocycles. The van der Waals surface area contributed by atoms with E-state index in [4.69, 9.17) is 11.6 Å². The molecule has 3 aromatic carbocycles. The Balaban J connectivity index is 1.27. The summed E-state index contributed by atoms with van der Waals surface area (Å²) < 4.78 is 16.0. The Morgan fingerprint density at radius 2 is 1.44 bits per heavy atom. The molecule has 34 heavy (non-hydrogen) atoms. The summed E-state index contributed by atoms with van der Waals surface area (Å²) >= 11 is 6.22. The van der Waals surface area contributed by atoms with Crippen LogP contribution in [-0.4, -0.2) is 51.0 Å². The first-order chi connectivity index (χ1) is 16.7.